The fraction of sp³-hybridized carbons (Fsp3) is 0.333. The molecule has 0 fully saturated rings. The first-order valence-corrected chi connectivity index (χ1v) is 9.55. The van der Waals surface area contributed by atoms with Gasteiger partial charge in [0.2, 0.25) is 0 Å². The largest absolute Gasteiger partial charge is 0.368 e. The number of aryl methyl sites for hydroxylation is 4. The normalized spacial score (nSPS) is 10.7. The molecular formula is C21H27N7O. The van der Waals surface area contributed by atoms with E-state index in [1.165, 1.54) is 0 Å². The first kappa shape index (κ1) is 20.3. The topological polar surface area (TPSA) is 96.8 Å². The van der Waals surface area contributed by atoms with Crippen molar-refractivity contribution < 1.29 is 4.79 Å². The van der Waals surface area contributed by atoms with Crippen molar-refractivity contribution in [2.45, 2.75) is 34.6 Å². The molecule has 2 heterocycles. The van der Waals surface area contributed by atoms with Gasteiger partial charge in [0, 0.05) is 30.5 Å². The van der Waals surface area contributed by atoms with Crippen LogP contribution >= 0.6 is 0 Å². The lowest BCUT2D eigenvalue weighted by Gasteiger charge is -2.12. The number of aromatic nitrogens is 4. The zero-order valence-corrected chi connectivity index (χ0v) is 17.5. The molecule has 0 saturated heterocycles. The molecule has 0 atom stereocenters. The zero-order chi connectivity index (χ0) is 21.0. The van der Waals surface area contributed by atoms with Gasteiger partial charge in [-0.05, 0) is 57.9 Å². The molecule has 8 heteroatoms. The van der Waals surface area contributed by atoms with Crippen LogP contribution < -0.4 is 16.0 Å². The number of benzene rings is 1. The summed E-state index contributed by atoms with van der Waals surface area (Å²) >= 11 is 0. The van der Waals surface area contributed by atoms with Gasteiger partial charge in [0.1, 0.15) is 23.8 Å². The fourth-order valence-electron chi connectivity index (χ4n) is 3.08. The van der Waals surface area contributed by atoms with E-state index in [2.05, 4.69) is 37.0 Å². The molecule has 3 N–H and O–H groups in total. The molecule has 0 unspecified atom stereocenters. The summed E-state index contributed by atoms with van der Waals surface area (Å²) in [5.41, 5.74) is 5.02. The van der Waals surface area contributed by atoms with Crippen LogP contribution in [0.25, 0.3) is 5.82 Å². The van der Waals surface area contributed by atoms with Crippen LogP contribution in [0.5, 0.6) is 0 Å². The van der Waals surface area contributed by atoms with E-state index in [1.807, 2.05) is 57.4 Å². The Morgan fingerprint density at radius 2 is 1.69 bits per heavy atom. The molecule has 2 amide bonds. The van der Waals surface area contributed by atoms with Crippen molar-refractivity contribution in [1.29, 1.82) is 0 Å². The van der Waals surface area contributed by atoms with Gasteiger partial charge >= 0.3 is 6.03 Å². The second-order valence-corrected chi connectivity index (χ2v) is 7.13. The van der Waals surface area contributed by atoms with Gasteiger partial charge in [-0.25, -0.2) is 19.7 Å². The Morgan fingerprint density at radius 1 is 0.966 bits per heavy atom. The smallest absolute Gasteiger partial charge is 0.319 e. The average Bonchev–Trinajstić information content (AvgIpc) is 2.96. The monoisotopic (exact) mass is 393 g/mol. The number of carbonyl (C=O) groups excluding carboxylic acids is 1. The van der Waals surface area contributed by atoms with Crippen LogP contribution in [0.1, 0.15) is 28.3 Å². The number of imidazole rings is 1. The third kappa shape index (κ3) is 5.31. The highest BCUT2D eigenvalue weighted by molar-refractivity contribution is 5.89. The summed E-state index contributed by atoms with van der Waals surface area (Å²) in [5, 5.41) is 8.93. The number of amides is 2. The minimum atomic E-state index is -0.235. The average molecular weight is 393 g/mol. The zero-order valence-electron chi connectivity index (χ0n) is 17.5. The van der Waals surface area contributed by atoms with Gasteiger partial charge in [0.05, 0.1) is 5.69 Å². The van der Waals surface area contributed by atoms with Crippen LogP contribution in [0.3, 0.4) is 0 Å². The molecule has 0 aliphatic carbocycles. The summed E-state index contributed by atoms with van der Waals surface area (Å²) in [5.74, 6) is 2.13. The van der Waals surface area contributed by atoms with Crippen LogP contribution in [0.4, 0.5) is 16.3 Å². The van der Waals surface area contributed by atoms with E-state index >= 15 is 0 Å². The van der Waals surface area contributed by atoms with Gasteiger partial charge in [0.15, 0.2) is 0 Å². The minimum Gasteiger partial charge on any atom is -0.368 e. The maximum atomic E-state index is 12.1. The third-order valence-corrected chi connectivity index (χ3v) is 4.52. The Labute approximate surface area is 170 Å². The number of nitrogens with zero attached hydrogens (tertiary/aromatic N) is 4. The molecular weight excluding hydrogens is 366 g/mol. The van der Waals surface area contributed by atoms with Crippen LogP contribution in [-0.2, 0) is 0 Å². The van der Waals surface area contributed by atoms with E-state index in [0.717, 1.165) is 34.0 Å². The summed E-state index contributed by atoms with van der Waals surface area (Å²) < 4.78 is 1.94. The van der Waals surface area contributed by atoms with E-state index in [0.29, 0.717) is 24.7 Å². The molecule has 0 radical (unpaired) electrons. The van der Waals surface area contributed by atoms with Crippen molar-refractivity contribution in [2.24, 2.45) is 0 Å². The van der Waals surface area contributed by atoms with Crippen LogP contribution in [0.2, 0.25) is 0 Å². The molecule has 3 aromatic rings. The van der Waals surface area contributed by atoms with Crippen LogP contribution in [0.15, 0.2) is 30.6 Å². The predicted molar refractivity (Wildman–Crippen MR) is 115 cm³/mol. The molecule has 152 valence electrons. The summed E-state index contributed by atoms with van der Waals surface area (Å²) in [6.45, 7) is 10.8. The Balaban J connectivity index is 1.54. The van der Waals surface area contributed by atoms with Crippen molar-refractivity contribution in [1.82, 2.24) is 24.8 Å². The lowest BCUT2D eigenvalue weighted by Crippen LogP contribution is -2.32. The van der Waals surface area contributed by atoms with Crippen molar-refractivity contribution >= 4 is 17.5 Å². The molecule has 0 saturated carbocycles. The third-order valence-electron chi connectivity index (χ3n) is 4.52. The molecule has 2 aromatic heterocycles. The maximum absolute atomic E-state index is 12.1. The Kier molecular flexibility index (Phi) is 6.11. The van der Waals surface area contributed by atoms with Crippen molar-refractivity contribution in [3.05, 3.63) is 58.9 Å². The van der Waals surface area contributed by atoms with Crippen LogP contribution in [0, 0.1) is 34.6 Å². The maximum Gasteiger partial charge on any atom is 0.319 e. The van der Waals surface area contributed by atoms with Gasteiger partial charge in [-0.3, -0.25) is 4.57 Å². The Hall–Kier alpha value is -3.42. The van der Waals surface area contributed by atoms with Crippen LogP contribution in [-0.4, -0.2) is 38.6 Å². The van der Waals surface area contributed by atoms with E-state index in [1.54, 1.807) is 6.33 Å². The first-order chi connectivity index (χ1) is 13.8. The quantitative estimate of drug-likeness (QED) is 0.558. The van der Waals surface area contributed by atoms with Gasteiger partial charge in [0.25, 0.3) is 0 Å². The van der Waals surface area contributed by atoms with Crippen molar-refractivity contribution in [3.63, 3.8) is 0 Å². The SMILES string of the molecule is Cc1cc(C)cc(NC(=O)NCCNc2cc(-n3cnc(C)c3C)nc(C)n2)c1. The summed E-state index contributed by atoms with van der Waals surface area (Å²) in [4.78, 5) is 25.3. The first-order valence-electron chi connectivity index (χ1n) is 9.55. The Morgan fingerprint density at radius 3 is 2.34 bits per heavy atom. The molecule has 8 nitrogen and oxygen atoms in total. The summed E-state index contributed by atoms with van der Waals surface area (Å²) in [6.07, 6.45) is 1.76. The molecule has 0 spiro atoms. The van der Waals surface area contributed by atoms with Gasteiger partial charge in [-0.2, -0.15) is 0 Å². The summed E-state index contributed by atoms with van der Waals surface area (Å²) in [6, 6.07) is 7.58. The number of hydrogen-bond donors (Lipinski definition) is 3. The lowest BCUT2D eigenvalue weighted by atomic mass is 10.1. The fourth-order valence-corrected chi connectivity index (χ4v) is 3.08. The Bertz CT molecular complexity index is 1010. The van der Waals surface area contributed by atoms with E-state index in [4.69, 9.17) is 0 Å². The number of anilines is 2. The molecule has 29 heavy (non-hydrogen) atoms. The number of hydrogen-bond acceptors (Lipinski definition) is 5. The second-order valence-electron chi connectivity index (χ2n) is 7.13. The molecule has 0 aliphatic heterocycles. The number of nitrogens with one attached hydrogen (secondary N) is 3. The lowest BCUT2D eigenvalue weighted by molar-refractivity contribution is 0.252. The molecule has 3 rings (SSSR count). The molecule has 0 bridgehead atoms. The van der Waals surface area contributed by atoms with Crippen molar-refractivity contribution in [2.75, 3.05) is 23.7 Å². The second kappa shape index (κ2) is 8.72. The van der Waals surface area contributed by atoms with E-state index in [-0.39, 0.29) is 6.03 Å². The highest BCUT2D eigenvalue weighted by atomic mass is 16.2. The molecule has 1 aromatic carbocycles. The van der Waals surface area contributed by atoms with Gasteiger partial charge < -0.3 is 16.0 Å². The van der Waals surface area contributed by atoms with Gasteiger partial charge in [-0.1, -0.05) is 6.07 Å². The van der Waals surface area contributed by atoms with Crippen molar-refractivity contribution in [3.8, 4) is 5.82 Å². The minimum absolute atomic E-state index is 0.235. The highest BCUT2D eigenvalue weighted by Gasteiger charge is 2.09. The predicted octanol–water partition coefficient (Wildman–Crippen LogP) is 3.44. The standard InChI is InChI=1S/C21H27N7O/c1-13-8-14(2)10-18(9-13)27-21(29)23-7-6-22-19-11-20(26-17(5)25-19)28-12-24-15(3)16(28)4/h8-12H,6-7H2,1-5H3,(H,22,25,26)(H2,23,27,29). The van der Waals surface area contributed by atoms with E-state index in [9.17, 15) is 4.79 Å². The van der Waals surface area contributed by atoms with Gasteiger partial charge in [-0.15, -0.1) is 0 Å². The molecule has 0 aliphatic rings. The number of urea groups is 1. The number of carbonyl (C=O) groups is 1. The van der Waals surface area contributed by atoms with E-state index < -0.39 is 0 Å². The number of rotatable bonds is 6. The summed E-state index contributed by atoms with van der Waals surface area (Å²) in [7, 11) is 0. The highest BCUT2D eigenvalue weighted by Crippen LogP contribution is 2.15.